The van der Waals surface area contributed by atoms with Crippen LogP contribution in [0.25, 0.3) is 11.1 Å². The topological polar surface area (TPSA) is 91.3 Å². The van der Waals surface area contributed by atoms with Gasteiger partial charge in [0.25, 0.3) is 5.91 Å². The summed E-state index contributed by atoms with van der Waals surface area (Å²) >= 11 is 0. The molecule has 2 saturated heterocycles. The fourth-order valence-corrected chi connectivity index (χ4v) is 6.09. The second kappa shape index (κ2) is 12.8. The van der Waals surface area contributed by atoms with E-state index in [4.69, 9.17) is 9.47 Å². The van der Waals surface area contributed by atoms with E-state index < -0.39 is 29.9 Å². The lowest BCUT2D eigenvalue weighted by atomic mass is 9.98. The molecule has 0 spiro atoms. The number of nitrogens with zero attached hydrogens (tertiary/aromatic N) is 2. The van der Waals surface area contributed by atoms with Gasteiger partial charge in [-0.2, -0.15) is 0 Å². The average Bonchev–Trinajstić information content (AvgIpc) is 3.02. The number of aliphatic hydroxyl groups is 1. The number of halogens is 2. The Morgan fingerprint density at radius 1 is 0.907 bits per heavy atom. The molecule has 0 aliphatic carbocycles. The number of amides is 2. The van der Waals surface area contributed by atoms with Gasteiger partial charge >= 0.3 is 0 Å². The van der Waals surface area contributed by atoms with E-state index in [1.807, 2.05) is 47.4 Å². The number of hydrogen-bond acceptors (Lipinski definition) is 6. The molecule has 0 saturated carbocycles. The molecule has 3 aromatic rings. The van der Waals surface area contributed by atoms with E-state index in [2.05, 4.69) is 5.32 Å². The smallest absolute Gasteiger partial charge is 0.258 e. The van der Waals surface area contributed by atoms with Gasteiger partial charge in [-0.1, -0.05) is 42.5 Å². The Morgan fingerprint density at radius 3 is 2.56 bits per heavy atom. The number of aliphatic hydroxyl groups excluding tert-OH is 1. The summed E-state index contributed by atoms with van der Waals surface area (Å²) in [6.07, 6.45) is 0.353. The molecule has 3 heterocycles. The van der Waals surface area contributed by atoms with E-state index >= 15 is 0 Å². The van der Waals surface area contributed by atoms with E-state index in [-0.39, 0.29) is 44.1 Å². The largest absolute Gasteiger partial charge is 0.493 e. The summed E-state index contributed by atoms with van der Waals surface area (Å²) < 4.78 is 39.8. The summed E-state index contributed by atoms with van der Waals surface area (Å²) in [4.78, 5) is 31.3. The van der Waals surface area contributed by atoms with E-state index in [0.29, 0.717) is 49.3 Å². The molecule has 2 fully saturated rings. The maximum absolute atomic E-state index is 14.1. The average molecular weight is 592 g/mol. The lowest BCUT2D eigenvalue weighted by Gasteiger charge is -2.41. The van der Waals surface area contributed by atoms with E-state index in [1.54, 1.807) is 11.0 Å². The maximum Gasteiger partial charge on any atom is 0.258 e. The predicted octanol–water partition coefficient (Wildman–Crippen LogP) is 3.77. The van der Waals surface area contributed by atoms with Crippen LogP contribution in [0.2, 0.25) is 0 Å². The number of fused-ring (bicyclic) bond motifs is 4. The zero-order chi connectivity index (χ0) is 29.9. The van der Waals surface area contributed by atoms with Crippen molar-refractivity contribution in [2.75, 3.05) is 32.8 Å². The first-order chi connectivity index (χ1) is 20.9. The van der Waals surface area contributed by atoms with Gasteiger partial charge in [0.1, 0.15) is 17.9 Å². The van der Waals surface area contributed by atoms with E-state index in [9.17, 15) is 23.5 Å². The van der Waals surface area contributed by atoms with Gasteiger partial charge in [-0.15, -0.1) is 0 Å². The van der Waals surface area contributed by atoms with Crippen molar-refractivity contribution in [3.63, 3.8) is 0 Å². The highest BCUT2D eigenvalue weighted by molar-refractivity contribution is 6.00. The fraction of sp³-hybridized carbons (Fsp3) is 0.394. The first kappa shape index (κ1) is 29.2. The number of carbonyl (C=O) groups is 2. The van der Waals surface area contributed by atoms with Gasteiger partial charge in [0.05, 0.1) is 24.4 Å². The summed E-state index contributed by atoms with van der Waals surface area (Å²) in [7, 11) is 0. The van der Waals surface area contributed by atoms with Crippen LogP contribution in [0.15, 0.2) is 66.7 Å². The molecule has 3 aromatic carbocycles. The Bertz CT molecular complexity index is 1470. The normalized spacial score (nSPS) is 25.1. The first-order valence-electron chi connectivity index (χ1n) is 14.8. The van der Waals surface area contributed by atoms with Gasteiger partial charge in [-0.3, -0.25) is 14.5 Å². The summed E-state index contributed by atoms with van der Waals surface area (Å²) in [6, 6.07) is 18.2. The quantitative estimate of drug-likeness (QED) is 0.482. The zero-order valence-corrected chi connectivity index (χ0v) is 23.8. The molecule has 226 valence electrons. The molecule has 2 N–H and O–H groups in total. The third kappa shape index (κ3) is 6.56. The van der Waals surface area contributed by atoms with Crippen LogP contribution >= 0.6 is 0 Å². The third-order valence-electron chi connectivity index (χ3n) is 8.49. The molecule has 0 unspecified atom stereocenters. The van der Waals surface area contributed by atoms with Crippen LogP contribution in [0.1, 0.15) is 35.2 Å². The summed E-state index contributed by atoms with van der Waals surface area (Å²) in [5, 5.41) is 13.5. The van der Waals surface area contributed by atoms with Gasteiger partial charge in [0.15, 0.2) is 11.6 Å². The van der Waals surface area contributed by atoms with Crippen LogP contribution in [0.5, 0.6) is 5.75 Å². The van der Waals surface area contributed by atoms with Gasteiger partial charge in [-0.25, -0.2) is 8.78 Å². The Balaban J connectivity index is 1.31. The highest BCUT2D eigenvalue weighted by atomic mass is 19.2. The fourth-order valence-electron chi connectivity index (χ4n) is 6.09. The van der Waals surface area contributed by atoms with Crippen LogP contribution in [-0.2, 0) is 16.1 Å². The highest BCUT2D eigenvalue weighted by Crippen LogP contribution is 2.31. The summed E-state index contributed by atoms with van der Waals surface area (Å²) in [5.41, 5.74) is 2.81. The monoisotopic (exact) mass is 591 g/mol. The number of nitrogens with one attached hydrogen (secondary N) is 1. The van der Waals surface area contributed by atoms with Gasteiger partial charge in [-0.05, 0) is 53.8 Å². The molecular weight excluding hydrogens is 556 g/mol. The van der Waals surface area contributed by atoms with E-state index in [1.165, 1.54) is 6.07 Å². The molecule has 0 radical (unpaired) electrons. The minimum absolute atomic E-state index is 0.107. The lowest BCUT2D eigenvalue weighted by Crippen LogP contribution is -2.61. The third-order valence-corrected chi connectivity index (χ3v) is 8.49. The number of ether oxygens (including phenoxy) is 2. The van der Waals surface area contributed by atoms with Crippen LogP contribution < -0.4 is 10.1 Å². The second-order valence-electron chi connectivity index (χ2n) is 11.4. The Hall–Kier alpha value is -3.86. The molecule has 10 heteroatoms. The minimum Gasteiger partial charge on any atom is -0.493 e. The number of carbonyl (C=O) groups excluding carboxylic acids is 2. The van der Waals surface area contributed by atoms with Gasteiger partial charge < -0.3 is 24.8 Å². The minimum atomic E-state index is -0.933. The number of rotatable bonds is 3. The predicted molar refractivity (Wildman–Crippen MR) is 155 cm³/mol. The number of hydrogen-bond donors (Lipinski definition) is 2. The molecule has 3 aliphatic heterocycles. The molecule has 2 bridgehead atoms. The van der Waals surface area contributed by atoms with Crippen molar-refractivity contribution in [1.29, 1.82) is 0 Å². The van der Waals surface area contributed by atoms with Crippen LogP contribution in [0.3, 0.4) is 0 Å². The first-order valence-corrected chi connectivity index (χ1v) is 14.8. The Labute approximate surface area is 249 Å². The van der Waals surface area contributed by atoms with Crippen LogP contribution in [-0.4, -0.2) is 83.9 Å². The zero-order valence-electron chi connectivity index (χ0n) is 23.8. The van der Waals surface area contributed by atoms with E-state index in [0.717, 1.165) is 23.3 Å². The Kier molecular flexibility index (Phi) is 8.69. The van der Waals surface area contributed by atoms with Gasteiger partial charge in [0.2, 0.25) is 5.91 Å². The van der Waals surface area contributed by atoms with Crippen molar-refractivity contribution in [3.8, 4) is 16.9 Å². The SMILES string of the molecule is O=C1NC[C@H]2O[C@H](CCOc3cc(-c4ccccc4)ccc3C(=O)N3CCN(Cc4ccc(F)c(F)c4)C[C@@H]13)CC[C@@H]2O. The standard InChI is InChI=1S/C33H35F2N3O5/c34-26-10-6-21(16-27(26)35)19-37-13-14-38-28(20-37)32(40)36-18-31-29(39)11-8-24(43-31)12-15-42-30-17-23(7-9-25(30)33(38)41)22-4-2-1-3-5-22/h1-7,9-10,16-17,24,28-29,31,39H,8,11-15,18-20H2,(H,36,40)/t24-,28-,29-,31+/m0/s1. The van der Waals surface area contributed by atoms with Crippen LogP contribution in [0.4, 0.5) is 8.78 Å². The number of benzene rings is 3. The molecule has 43 heavy (non-hydrogen) atoms. The summed E-state index contributed by atoms with van der Waals surface area (Å²) in [6.45, 7) is 1.57. The molecule has 8 nitrogen and oxygen atoms in total. The van der Waals surface area contributed by atoms with Crippen molar-refractivity contribution in [1.82, 2.24) is 15.1 Å². The molecular formula is C33H35F2N3O5. The van der Waals surface area contributed by atoms with Crippen LogP contribution in [0, 0.1) is 11.6 Å². The molecule has 6 rings (SSSR count). The maximum atomic E-state index is 14.1. The molecule has 2 amide bonds. The summed E-state index contributed by atoms with van der Waals surface area (Å²) in [5.74, 6) is -2.12. The number of piperazine rings is 1. The lowest BCUT2D eigenvalue weighted by molar-refractivity contribution is -0.135. The Morgan fingerprint density at radius 2 is 1.74 bits per heavy atom. The van der Waals surface area contributed by atoms with Crippen molar-refractivity contribution >= 4 is 11.8 Å². The van der Waals surface area contributed by atoms with Crippen molar-refractivity contribution in [3.05, 3.63) is 89.5 Å². The van der Waals surface area contributed by atoms with Crippen molar-refractivity contribution < 1.29 is 33.0 Å². The van der Waals surface area contributed by atoms with Crippen molar-refractivity contribution in [2.24, 2.45) is 0 Å². The highest BCUT2D eigenvalue weighted by Gasteiger charge is 2.38. The molecule has 4 atom stereocenters. The van der Waals surface area contributed by atoms with Crippen molar-refractivity contribution in [2.45, 2.75) is 50.2 Å². The molecule has 3 aliphatic rings. The van der Waals surface area contributed by atoms with Gasteiger partial charge in [0, 0.05) is 39.1 Å². The second-order valence-corrected chi connectivity index (χ2v) is 11.4. The molecule has 0 aromatic heterocycles.